The topological polar surface area (TPSA) is 55.8 Å². The minimum Gasteiger partial charge on any atom is -0.492 e. The molecule has 1 aromatic carbocycles. The first-order chi connectivity index (χ1) is 10.1. The smallest absolute Gasteiger partial charge is 0.492 e. The van der Waals surface area contributed by atoms with Crippen molar-refractivity contribution in [1.82, 2.24) is 4.31 Å². The van der Waals surface area contributed by atoms with Crippen LogP contribution in [0.5, 0.6) is 5.75 Å². The average Bonchev–Trinajstić information content (AvgIpc) is 2.42. The van der Waals surface area contributed by atoms with Crippen LogP contribution in [0.1, 0.15) is 6.92 Å². The number of alkyl halides is 3. The van der Waals surface area contributed by atoms with Gasteiger partial charge in [0.05, 0.1) is 6.04 Å². The summed E-state index contributed by atoms with van der Waals surface area (Å²) in [7, 11) is -4.40. The predicted molar refractivity (Wildman–Crippen MR) is 75.1 cm³/mol. The van der Waals surface area contributed by atoms with Crippen molar-refractivity contribution in [3.05, 3.63) is 29.3 Å². The van der Waals surface area contributed by atoms with Gasteiger partial charge in [-0.2, -0.15) is 17.5 Å². The van der Waals surface area contributed by atoms with Crippen molar-refractivity contribution in [3.63, 3.8) is 0 Å². The number of hydrogen-bond donors (Lipinski definition) is 0. The molecule has 0 aliphatic heterocycles. The first kappa shape index (κ1) is 19.0. The lowest BCUT2D eigenvalue weighted by Crippen LogP contribution is -2.48. The minimum absolute atomic E-state index is 0.197. The van der Waals surface area contributed by atoms with Crippen LogP contribution in [0.2, 0.25) is 5.02 Å². The summed E-state index contributed by atoms with van der Waals surface area (Å²) in [6.45, 7) is 0.283. The van der Waals surface area contributed by atoms with Crippen LogP contribution in [-0.4, -0.2) is 44.7 Å². The third kappa shape index (κ3) is 4.73. The highest BCUT2D eigenvalue weighted by Crippen LogP contribution is 2.28. The van der Waals surface area contributed by atoms with Crippen molar-refractivity contribution in [3.8, 4) is 5.75 Å². The van der Waals surface area contributed by atoms with Gasteiger partial charge < -0.3 is 9.47 Å². The molecular formula is C12H15ClF3NO4S. The molecule has 0 bridgehead atoms. The molecule has 1 atom stereocenters. The van der Waals surface area contributed by atoms with Gasteiger partial charge in [0.25, 0.3) is 0 Å². The van der Waals surface area contributed by atoms with E-state index in [9.17, 15) is 21.6 Å². The zero-order chi connectivity index (χ0) is 17.0. The Morgan fingerprint density at radius 2 is 1.82 bits per heavy atom. The lowest BCUT2D eigenvalue weighted by Gasteiger charge is -2.28. The highest BCUT2D eigenvalue weighted by atomic mass is 35.5. The molecule has 0 saturated carbocycles. The fraction of sp³-hybridized carbons (Fsp3) is 0.500. The van der Waals surface area contributed by atoms with E-state index in [4.69, 9.17) is 16.3 Å². The maximum atomic E-state index is 12.6. The van der Waals surface area contributed by atoms with Crippen LogP contribution in [0.3, 0.4) is 0 Å². The molecule has 0 aliphatic carbocycles. The molecule has 0 spiro atoms. The Hall–Kier alpha value is -1.03. The van der Waals surface area contributed by atoms with E-state index in [2.05, 4.69) is 4.74 Å². The van der Waals surface area contributed by atoms with Crippen LogP contribution in [0.4, 0.5) is 13.2 Å². The van der Waals surface area contributed by atoms with E-state index >= 15 is 0 Å². The standard InChI is InChI=1S/C12H15ClF3NO4S/c1-9(7-21-11-5-3-10(13)4-6-11)17(8-20-2)22(18,19)12(14,15)16/h3-6,9H,7-8H2,1-2H3/t9-/m0/s1. The van der Waals surface area contributed by atoms with Gasteiger partial charge in [-0.15, -0.1) is 0 Å². The van der Waals surface area contributed by atoms with Gasteiger partial charge in [0.2, 0.25) is 0 Å². The first-order valence-corrected chi connectivity index (χ1v) is 7.87. The van der Waals surface area contributed by atoms with Gasteiger partial charge in [-0.1, -0.05) is 11.6 Å². The van der Waals surface area contributed by atoms with Gasteiger partial charge in [0.15, 0.2) is 0 Å². The molecule has 22 heavy (non-hydrogen) atoms. The fourth-order valence-electron chi connectivity index (χ4n) is 1.52. The van der Waals surface area contributed by atoms with E-state index in [0.717, 1.165) is 7.11 Å². The number of methoxy groups -OCH3 is 1. The average molecular weight is 362 g/mol. The molecule has 0 aromatic heterocycles. The molecule has 0 radical (unpaired) electrons. The molecule has 5 nitrogen and oxygen atoms in total. The first-order valence-electron chi connectivity index (χ1n) is 6.05. The zero-order valence-electron chi connectivity index (χ0n) is 11.8. The molecule has 1 aromatic rings. The Labute approximate surface area is 131 Å². The van der Waals surface area contributed by atoms with E-state index in [1.54, 1.807) is 12.1 Å². The summed E-state index contributed by atoms with van der Waals surface area (Å²) in [6.07, 6.45) is 0. The largest absolute Gasteiger partial charge is 0.511 e. The molecule has 1 rings (SSSR count). The molecule has 0 heterocycles. The SMILES string of the molecule is COCN([C@@H](C)COc1ccc(Cl)cc1)S(=O)(=O)C(F)(F)F. The quantitative estimate of drug-likeness (QED) is 0.701. The maximum Gasteiger partial charge on any atom is 0.511 e. The predicted octanol–water partition coefficient (Wildman–Crippen LogP) is 2.86. The van der Waals surface area contributed by atoms with E-state index < -0.39 is 28.3 Å². The molecule has 126 valence electrons. The highest BCUT2D eigenvalue weighted by Gasteiger charge is 2.51. The van der Waals surface area contributed by atoms with E-state index in [0.29, 0.717) is 10.8 Å². The van der Waals surface area contributed by atoms with E-state index in [1.165, 1.54) is 19.1 Å². The van der Waals surface area contributed by atoms with Crippen LogP contribution in [0, 0.1) is 0 Å². The monoisotopic (exact) mass is 361 g/mol. The summed E-state index contributed by atoms with van der Waals surface area (Å²) in [6, 6.07) is 5.05. The Kier molecular flexibility index (Phi) is 6.48. The number of halogens is 4. The Morgan fingerprint density at radius 1 is 1.27 bits per heavy atom. The van der Waals surface area contributed by atoms with Gasteiger partial charge >= 0.3 is 15.5 Å². The number of ether oxygens (including phenoxy) is 2. The van der Waals surface area contributed by atoms with Crippen LogP contribution in [-0.2, 0) is 14.8 Å². The van der Waals surface area contributed by atoms with Crippen molar-refractivity contribution in [1.29, 1.82) is 0 Å². The lowest BCUT2D eigenvalue weighted by atomic mass is 10.3. The lowest BCUT2D eigenvalue weighted by molar-refractivity contribution is -0.0546. The second-order valence-electron chi connectivity index (χ2n) is 4.37. The van der Waals surface area contributed by atoms with Crippen molar-refractivity contribution in [2.45, 2.75) is 18.5 Å². The molecule has 0 saturated heterocycles. The molecule has 0 amide bonds. The van der Waals surface area contributed by atoms with Crippen LogP contribution in [0.25, 0.3) is 0 Å². The number of nitrogens with zero attached hydrogens (tertiary/aromatic N) is 1. The Bertz CT molecular complexity index is 577. The third-order valence-corrected chi connectivity index (χ3v) is 4.57. The zero-order valence-corrected chi connectivity index (χ0v) is 13.4. The molecular weight excluding hydrogens is 347 g/mol. The number of sulfonamides is 1. The molecule has 10 heteroatoms. The van der Waals surface area contributed by atoms with Gasteiger partial charge in [0, 0.05) is 12.1 Å². The van der Waals surface area contributed by atoms with Crippen molar-refractivity contribution in [2.75, 3.05) is 20.4 Å². The molecule has 0 N–H and O–H groups in total. The summed E-state index contributed by atoms with van der Waals surface area (Å²) in [5.41, 5.74) is -5.40. The van der Waals surface area contributed by atoms with Crippen molar-refractivity contribution < 1.29 is 31.1 Å². The summed E-state index contributed by atoms with van der Waals surface area (Å²) in [5, 5.41) is 0.473. The Balaban J connectivity index is 2.81. The van der Waals surface area contributed by atoms with E-state index in [-0.39, 0.29) is 10.9 Å². The van der Waals surface area contributed by atoms with Gasteiger partial charge in [-0.3, -0.25) is 0 Å². The minimum atomic E-state index is -5.50. The van der Waals surface area contributed by atoms with Crippen molar-refractivity contribution >= 4 is 21.6 Å². The summed E-state index contributed by atoms with van der Waals surface area (Å²) in [5.74, 6) is 0.359. The second-order valence-corrected chi connectivity index (χ2v) is 6.69. The fourth-order valence-corrected chi connectivity index (χ4v) is 2.70. The second kappa shape index (κ2) is 7.49. The maximum absolute atomic E-state index is 12.6. The number of hydrogen-bond acceptors (Lipinski definition) is 4. The highest BCUT2D eigenvalue weighted by molar-refractivity contribution is 7.90. The van der Waals surface area contributed by atoms with Gasteiger partial charge in [0.1, 0.15) is 19.1 Å². The van der Waals surface area contributed by atoms with Gasteiger partial charge in [-0.05, 0) is 31.2 Å². The number of benzene rings is 1. The normalized spacial score (nSPS) is 14.1. The molecule has 0 unspecified atom stereocenters. The van der Waals surface area contributed by atoms with E-state index in [1.807, 2.05) is 0 Å². The molecule has 0 fully saturated rings. The summed E-state index contributed by atoms with van der Waals surface area (Å²) in [4.78, 5) is 0. The summed E-state index contributed by atoms with van der Waals surface area (Å²) < 4.78 is 70.9. The Morgan fingerprint density at radius 3 is 2.27 bits per heavy atom. The van der Waals surface area contributed by atoms with Gasteiger partial charge in [-0.25, -0.2) is 8.42 Å². The molecule has 0 aliphatic rings. The number of rotatable bonds is 7. The van der Waals surface area contributed by atoms with Crippen LogP contribution >= 0.6 is 11.6 Å². The van der Waals surface area contributed by atoms with Crippen LogP contribution in [0.15, 0.2) is 24.3 Å². The van der Waals surface area contributed by atoms with Crippen molar-refractivity contribution in [2.24, 2.45) is 0 Å². The third-order valence-electron chi connectivity index (χ3n) is 2.65. The van der Waals surface area contributed by atoms with Crippen LogP contribution < -0.4 is 4.74 Å². The summed E-state index contributed by atoms with van der Waals surface area (Å²) >= 11 is 5.69.